The third-order valence-corrected chi connectivity index (χ3v) is 5.81. The molecular formula is C22H28N2. The molecule has 0 radical (unpaired) electrons. The Labute approximate surface area is 146 Å². The fraction of sp³-hybridized carbons (Fsp3) is 0.455. The molecule has 1 fully saturated rings. The maximum Gasteiger partial charge on any atom is 0.0326 e. The van der Waals surface area contributed by atoms with Gasteiger partial charge < -0.3 is 4.90 Å². The Morgan fingerprint density at radius 1 is 0.958 bits per heavy atom. The molecule has 126 valence electrons. The van der Waals surface area contributed by atoms with E-state index in [4.69, 9.17) is 0 Å². The Morgan fingerprint density at radius 3 is 2.58 bits per heavy atom. The zero-order chi connectivity index (χ0) is 16.4. The molecule has 0 aromatic heterocycles. The highest BCUT2D eigenvalue weighted by Crippen LogP contribution is 2.26. The van der Waals surface area contributed by atoms with Gasteiger partial charge >= 0.3 is 0 Å². The Balaban J connectivity index is 1.36. The first-order valence-electron chi connectivity index (χ1n) is 9.39. The largest absolute Gasteiger partial charge is 0.369 e. The van der Waals surface area contributed by atoms with Crippen molar-refractivity contribution in [3.8, 4) is 0 Å². The SMILES string of the molecule is C=C1CC=CC(N2CCN(C3CCc4ccccc4C3)CC2)=CC1. The van der Waals surface area contributed by atoms with E-state index in [1.54, 1.807) is 11.1 Å². The molecule has 0 amide bonds. The van der Waals surface area contributed by atoms with Crippen molar-refractivity contribution in [2.45, 2.75) is 38.1 Å². The van der Waals surface area contributed by atoms with Crippen LogP contribution < -0.4 is 0 Å². The molecule has 0 saturated carbocycles. The van der Waals surface area contributed by atoms with Gasteiger partial charge in [-0.05, 0) is 49.3 Å². The summed E-state index contributed by atoms with van der Waals surface area (Å²) in [6.07, 6.45) is 12.8. The van der Waals surface area contributed by atoms with E-state index in [-0.39, 0.29) is 0 Å². The van der Waals surface area contributed by atoms with Gasteiger partial charge in [0.2, 0.25) is 0 Å². The van der Waals surface area contributed by atoms with E-state index in [0.29, 0.717) is 0 Å². The molecular weight excluding hydrogens is 292 g/mol. The molecule has 0 spiro atoms. The van der Waals surface area contributed by atoms with Crippen molar-refractivity contribution in [1.29, 1.82) is 0 Å². The van der Waals surface area contributed by atoms with Crippen LogP contribution in [0.15, 0.2) is 60.3 Å². The van der Waals surface area contributed by atoms with Gasteiger partial charge in [0.1, 0.15) is 0 Å². The molecule has 0 bridgehead atoms. The minimum atomic E-state index is 0.737. The summed E-state index contributed by atoms with van der Waals surface area (Å²) in [5, 5.41) is 0. The van der Waals surface area contributed by atoms with E-state index in [2.05, 4.69) is 58.9 Å². The van der Waals surface area contributed by atoms with E-state index in [1.165, 1.54) is 43.6 Å². The van der Waals surface area contributed by atoms with Gasteiger partial charge in [-0.2, -0.15) is 0 Å². The lowest BCUT2D eigenvalue weighted by molar-refractivity contribution is 0.109. The number of fused-ring (bicyclic) bond motifs is 1. The first-order valence-corrected chi connectivity index (χ1v) is 9.39. The predicted molar refractivity (Wildman–Crippen MR) is 101 cm³/mol. The van der Waals surface area contributed by atoms with Crippen molar-refractivity contribution >= 4 is 0 Å². The second-order valence-electron chi connectivity index (χ2n) is 7.38. The lowest BCUT2D eigenvalue weighted by Gasteiger charge is -2.42. The molecule has 1 aliphatic heterocycles. The lowest BCUT2D eigenvalue weighted by atomic mass is 9.87. The van der Waals surface area contributed by atoms with Crippen LogP contribution in [-0.2, 0) is 12.8 Å². The highest BCUT2D eigenvalue weighted by atomic mass is 15.3. The van der Waals surface area contributed by atoms with Crippen LogP contribution in [0.1, 0.15) is 30.4 Å². The summed E-state index contributed by atoms with van der Waals surface area (Å²) in [5.41, 5.74) is 5.87. The highest BCUT2D eigenvalue weighted by molar-refractivity contribution is 5.30. The number of allylic oxidation sites excluding steroid dienone is 4. The van der Waals surface area contributed by atoms with Crippen LogP contribution in [0.5, 0.6) is 0 Å². The molecule has 1 aromatic carbocycles. The van der Waals surface area contributed by atoms with Crippen molar-refractivity contribution in [3.05, 3.63) is 71.5 Å². The molecule has 0 N–H and O–H groups in total. The summed E-state index contributed by atoms with van der Waals surface area (Å²) in [6.45, 7) is 8.82. The quantitative estimate of drug-likeness (QED) is 0.761. The Morgan fingerprint density at radius 2 is 1.75 bits per heavy atom. The van der Waals surface area contributed by atoms with Gasteiger partial charge in [0.05, 0.1) is 0 Å². The maximum absolute atomic E-state index is 4.12. The van der Waals surface area contributed by atoms with Gasteiger partial charge in [-0.1, -0.05) is 48.6 Å². The molecule has 1 aromatic rings. The van der Waals surface area contributed by atoms with Crippen LogP contribution in [0.4, 0.5) is 0 Å². The molecule has 1 unspecified atom stereocenters. The molecule has 24 heavy (non-hydrogen) atoms. The third-order valence-electron chi connectivity index (χ3n) is 5.81. The molecule has 2 aliphatic carbocycles. The standard InChI is InChI=1S/C22H28N2/c1-18-5-4-8-21(11-9-18)23-13-15-24(16-14-23)22-12-10-19-6-2-3-7-20(19)17-22/h2-4,6-8,11,22H,1,5,9-10,12-17H2. The molecule has 1 saturated heterocycles. The number of hydrogen-bond donors (Lipinski definition) is 0. The Bertz CT molecular complexity index is 662. The smallest absolute Gasteiger partial charge is 0.0326 e. The van der Waals surface area contributed by atoms with E-state index >= 15 is 0 Å². The van der Waals surface area contributed by atoms with Crippen LogP contribution in [0.3, 0.4) is 0 Å². The summed E-state index contributed by atoms with van der Waals surface area (Å²) in [4.78, 5) is 5.29. The zero-order valence-electron chi connectivity index (χ0n) is 14.6. The summed E-state index contributed by atoms with van der Waals surface area (Å²) in [7, 11) is 0. The normalized spacial score (nSPS) is 25.2. The van der Waals surface area contributed by atoms with Gasteiger partial charge in [0, 0.05) is 37.9 Å². The number of nitrogens with zero attached hydrogens (tertiary/aromatic N) is 2. The molecule has 2 nitrogen and oxygen atoms in total. The van der Waals surface area contributed by atoms with Crippen LogP contribution in [0.25, 0.3) is 0 Å². The second-order valence-corrected chi connectivity index (χ2v) is 7.38. The monoisotopic (exact) mass is 320 g/mol. The van der Waals surface area contributed by atoms with Crippen LogP contribution in [0.2, 0.25) is 0 Å². The Hall–Kier alpha value is -1.80. The van der Waals surface area contributed by atoms with Crippen LogP contribution in [0, 0.1) is 0 Å². The molecule has 2 heteroatoms. The van der Waals surface area contributed by atoms with Crippen LogP contribution in [-0.4, -0.2) is 42.0 Å². The maximum atomic E-state index is 4.12. The summed E-state index contributed by atoms with van der Waals surface area (Å²) >= 11 is 0. The zero-order valence-corrected chi connectivity index (χ0v) is 14.6. The van der Waals surface area contributed by atoms with Crippen molar-refractivity contribution < 1.29 is 0 Å². The van der Waals surface area contributed by atoms with Crippen molar-refractivity contribution in [2.24, 2.45) is 0 Å². The Kier molecular flexibility index (Phi) is 4.57. The number of rotatable bonds is 2. The molecule has 4 rings (SSSR count). The summed E-state index contributed by atoms with van der Waals surface area (Å²) in [5.74, 6) is 0. The minimum Gasteiger partial charge on any atom is -0.369 e. The average Bonchev–Trinajstić information content (AvgIpc) is 2.86. The van der Waals surface area contributed by atoms with Crippen molar-refractivity contribution in [1.82, 2.24) is 9.80 Å². The van der Waals surface area contributed by atoms with E-state index < -0.39 is 0 Å². The summed E-state index contributed by atoms with van der Waals surface area (Å²) in [6, 6.07) is 9.74. The lowest BCUT2D eigenvalue weighted by Crippen LogP contribution is -2.51. The van der Waals surface area contributed by atoms with Gasteiger partial charge in [-0.15, -0.1) is 0 Å². The fourth-order valence-electron chi connectivity index (χ4n) is 4.32. The minimum absolute atomic E-state index is 0.737. The predicted octanol–water partition coefficient (Wildman–Crippen LogP) is 3.95. The third kappa shape index (κ3) is 3.34. The number of aryl methyl sites for hydroxylation is 1. The topological polar surface area (TPSA) is 6.48 Å². The van der Waals surface area contributed by atoms with Gasteiger partial charge in [0.15, 0.2) is 0 Å². The first-order chi connectivity index (χ1) is 11.8. The fourth-order valence-corrected chi connectivity index (χ4v) is 4.32. The van der Waals surface area contributed by atoms with Crippen LogP contribution >= 0.6 is 0 Å². The number of benzene rings is 1. The molecule has 1 atom stereocenters. The number of piperazine rings is 1. The van der Waals surface area contributed by atoms with E-state index in [0.717, 1.165) is 32.0 Å². The van der Waals surface area contributed by atoms with E-state index in [1.807, 2.05) is 0 Å². The van der Waals surface area contributed by atoms with Gasteiger partial charge in [0.25, 0.3) is 0 Å². The second kappa shape index (κ2) is 6.98. The van der Waals surface area contributed by atoms with Crippen molar-refractivity contribution in [3.63, 3.8) is 0 Å². The summed E-state index contributed by atoms with van der Waals surface area (Å²) < 4.78 is 0. The van der Waals surface area contributed by atoms with E-state index in [9.17, 15) is 0 Å². The number of hydrogen-bond acceptors (Lipinski definition) is 2. The average molecular weight is 320 g/mol. The first kappa shape index (κ1) is 15.7. The highest BCUT2D eigenvalue weighted by Gasteiger charge is 2.27. The van der Waals surface area contributed by atoms with Gasteiger partial charge in [-0.25, -0.2) is 0 Å². The molecule has 1 heterocycles. The molecule has 3 aliphatic rings. The van der Waals surface area contributed by atoms with Crippen molar-refractivity contribution in [2.75, 3.05) is 26.2 Å². The van der Waals surface area contributed by atoms with Gasteiger partial charge in [-0.3, -0.25) is 4.90 Å².